The van der Waals surface area contributed by atoms with Crippen molar-refractivity contribution in [2.45, 2.75) is 79.8 Å². The van der Waals surface area contributed by atoms with Crippen molar-refractivity contribution in [1.82, 2.24) is 0 Å². The van der Waals surface area contributed by atoms with Gasteiger partial charge in [-0.25, -0.2) is 0 Å². The largest absolute Gasteiger partial charge is 0.491 e. The maximum absolute atomic E-state index is 5.90. The van der Waals surface area contributed by atoms with E-state index < -0.39 is 0 Å². The van der Waals surface area contributed by atoms with Crippen molar-refractivity contribution in [2.75, 3.05) is 0 Å². The highest BCUT2D eigenvalue weighted by Crippen LogP contribution is 2.28. The van der Waals surface area contributed by atoms with Gasteiger partial charge in [0.2, 0.25) is 0 Å². The Morgan fingerprint density at radius 3 is 0.867 bits per heavy atom. The summed E-state index contributed by atoms with van der Waals surface area (Å²) in [5, 5.41) is 0. The fourth-order valence-corrected chi connectivity index (χ4v) is 2.93. The van der Waals surface area contributed by atoms with Crippen LogP contribution in [0.25, 0.3) is 12.2 Å². The van der Waals surface area contributed by atoms with E-state index in [1.54, 1.807) is 0 Å². The summed E-state index contributed by atoms with van der Waals surface area (Å²) in [6, 6.07) is 11.9. The average Bonchev–Trinajstić information content (AvgIpc) is 2.57. The molecule has 0 heterocycles. The van der Waals surface area contributed by atoms with Gasteiger partial charge in [0.25, 0.3) is 0 Å². The third kappa shape index (κ3) is 8.40. The van der Waals surface area contributed by atoms with Gasteiger partial charge in [-0.05, 0) is 90.8 Å². The standard InChI is InChI=1S/C26H36O4/c1-17(2)27-23-11-21(12-24(15-23)28-18(3)4)9-10-22-13-25(29-19(5)6)16-26(14-22)30-20(7)8/h9-20H,1-8H3/b10-9+. The topological polar surface area (TPSA) is 36.9 Å². The van der Waals surface area contributed by atoms with E-state index in [9.17, 15) is 0 Å². The Morgan fingerprint density at radius 1 is 0.433 bits per heavy atom. The van der Waals surface area contributed by atoms with Gasteiger partial charge in [-0.3, -0.25) is 0 Å². The number of benzene rings is 2. The SMILES string of the molecule is CC(C)Oc1cc(/C=C/c2cc(OC(C)C)cc(OC(C)C)c2)cc(OC(C)C)c1. The third-order valence-electron chi connectivity index (χ3n) is 3.76. The molecule has 4 heteroatoms. The van der Waals surface area contributed by atoms with Gasteiger partial charge in [-0.2, -0.15) is 0 Å². The predicted octanol–water partition coefficient (Wildman–Crippen LogP) is 7.01. The lowest BCUT2D eigenvalue weighted by atomic mass is 10.1. The van der Waals surface area contributed by atoms with Crippen LogP contribution in [0.5, 0.6) is 23.0 Å². The lowest BCUT2D eigenvalue weighted by molar-refractivity contribution is 0.228. The maximum atomic E-state index is 5.90. The van der Waals surface area contributed by atoms with Crippen molar-refractivity contribution in [3.8, 4) is 23.0 Å². The molecule has 0 N–H and O–H groups in total. The predicted molar refractivity (Wildman–Crippen MR) is 125 cm³/mol. The molecule has 30 heavy (non-hydrogen) atoms. The second kappa shape index (κ2) is 11.0. The van der Waals surface area contributed by atoms with Gasteiger partial charge in [0.1, 0.15) is 23.0 Å². The lowest BCUT2D eigenvalue weighted by Crippen LogP contribution is -2.08. The second-order valence-corrected chi connectivity index (χ2v) is 8.48. The highest BCUT2D eigenvalue weighted by atomic mass is 16.5. The highest BCUT2D eigenvalue weighted by molar-refractivity contribution is 5.72. The summed E-state index contributed by atoms with van der Waals surface area (Å²) in [6.45, 7) is 16.1. The van der Waals surface area contributed by atoms with Crippen LogP contribution in [-0.2, 0) is 0 Å². The van der Waals surface area contributed by atoms with Gasteiger partial charge in [0, 0.05) is 12.1 Å². The van der Waals surface area contributed by atoms with E-state index >= 15 is 0 Å². The van der Waals surface area contributed by atoms with E-state index in [0.29, 0.717) is 0 Å². The molecular weight excluding hydrogens is 376 g/mol. The zero-order valence-electron chi connectivity index (χ0n) is 19.6. The van der Waals surface area contributed by atoms with Gasteiger partial charge in [-0.1, -0.05) is 12.2 Å². The number of hydrogen-bond acceptors (Lipinski definition) is 4. The van der Waals surface area contributed by atoms with E-state index in [2.05, 4.69) is 0 Å². The molecule has 164 valence electrons. The van der Waals surface area contributed by atoms with Crippen LogP contribution in [0.15, 0.2) is 36.4 Å². The Kier molecular flexibility index (Phi) is 8.64. The minimum absolute atomic E-state index is 0.0942. The van der Waals surface area contributed by atoms with Crippen molar-refractivity contribution in [3.05, 3.63) is 47.5 Å². The smallest absolute Gasteiger partial charge is 0.123 e. The van der Waals surface area contributed by atoms with Gasteiger partial charge in [0.15, 0.2) is 0 Å². The molecule has 0 radical (unpaired) electrons. The molecule has 0 unspecified atom stereocenters. The second-order valence-electron chi connectivity index (χ2n) is 8.48. The molecule has 0 aliphatic rings. The summed E-state index contributed by atoms with van der Waals surface area (Å²) < 4.78 is 23.6. The van der Waals surface area contributed by atoms with Crippen LogP contribution in [-0.4, -0.2) is 24.4 Å². The van der Waals surface area contributed by atoms with Gasteiger partial charge >= 0.3 is 0 Å². The molecule has 0 aliphatic carbocycles. The molecule has 0 bridgehead atoms. The summed E-state index contributed by atoms with van der Waals surface area (Å²) >= 11 is 0. The van der Waals surface area contributed by atoms with Crippen LogP contribution in [0, 0.1) is 0 Å². The van der Waals surface area contributed by atoms with Crippen LogP contribution < -0.4 is 18.9 Å². The summed E-state index contributed by atoms with van der Waals surface area (Å²) in [7, 11) is 0. The summed E-state index contributed by atoms with van der Waals surface area (Å²) in [5.41, 5.74) is 2.01. The molecule has 0 fully saturated rings. The number of rotatable bonds is 10. The van der Waals surface area contributed by atoms with Crippen LogP contribution in [0.3, 0.4) is 0 Å². The highest BCUT2D eigenvalue weighted by Gasteiger charge is 2.07. The van der Waals surface area contributed by atoms with Crippen molar-refractivity contribution >= 4 is 12.2 Å². The molecule has 0 aliphatic heterocycles. The van der Waals surface area contributed by atoms with Gasteiger partial charge < -0.3 is 18.9 Å². The maximum Gasteiger partial charge on any atom is 0.123 e. The zero-order chi connectivity index (χ0) is 22.3. The molecule has 2 aromatic rings. The number of hydrogen-bond donors (Lipinski definition) is 0. The van der Waals surface area contributed by atoms with E-state index in [0.717, 1.165) is 34.1 Å². The van der Waals surface area contributed by atoms with E-state index in [-0.39, 0.29) is 24.4 Å². The molecular formula is C26H36O4. The van der Waals surface area contributed by atoms with Crippen LogP contribution in [0.2, 0.25) is 0 Å². The fourth-order valence-electron chi connectivity index (χ4n) is 2.93. The first-order chi connectivity index (χ1) is 14.1. The molecule has 0 saturated carbocycles. The van der Waals surface area contributed by atoms with Gasteiger partial charge in [-0.15, -0.1) is 0 Å². The van der Waals surface area contributed by atoms with Crippen molar-refractivity contribution in [2.24, 2.45) is 0 Å². The minimum atomic E-state index is 0.0942. The van der Waals surface area contributed by atoms with E-state index in [4.69, 9.17) is 18.9 Å². The molecule has 2 rings (SSSR count). The van der Waals surface area contributed by atoms with Crippen molar-refractivity contribution < 1.29 is 18.9 Å². The molecule has 0 atom stereocenters. The lowest BCUT2D eigenvalue weighted by Gasteiger charge is -2.15. The number of ether oxygens (including phenoxy) is 4. The molecule has 2 aromatic carbocycles. The van der Waals surface area contributed by atoms with Crippen LogP contribution >= 0.6 is 0 Å². The molecule has 0 amide bonds. The molecule has 0 saturated heterocycles. The monoisotopic (exact) mass is 412 g/mol. The van der Waals surface area contributed by atoms with Crippen molar-refractivity contribution in [3.63, 3.8) is 0 Å². The van der Waals surface area contributed by atoms with Gasteiger partial charge in [0.05, 0.1) is 24.4 Å². The fraction of sp³-hybridized carbons (Fsp3) is 0.462. The molecule has 0 spiro atoms. The molecule has 0 aromatic heterocycles. The Bertz CT molecular complexity index is 709. The van der Waals surface area contributed by atoms with Crippen LogP contribution in [0.1, 0.15) is 66.5 Å². The average molecular weight is 413 g/mol. The van der Waals surface area contributed by atoms with E-state index in [1.165, 1.54) is 0 Å². The summed E-state index contributed by atoms with van der Waals surface area (Å²) in [5.74, 6) is 3.18. The Labute approximate surface area is 181 Å². The Balaban J connectivity index is 2.36. The summed E-state index contributed by atoms with van der Waals surface area (Å²) in [4.78, 5) is 0. The minimum Gasteiger partial charge on any atom is -0.491 e. The Hall–Kier alpha value is -2.62. The van der Waals surface area contributed by atoms with E-state index in [1.807, 2.05) is 104 Å². The third-order valence-corrected chi connectivity index (χ3v) is 3.76. The first-order valence-corrected chi connectivity index (χ1v) is 10.8. The first-order valence-electron chi connectivity index (χ1n) is 10.8. The van der Waals surface area contributed by atoms with Crippen LogP contribution in [0.4, 0.5) is 0 Å². The quantitative estimate of drug-likeness (QED) is 0.393. The Morgan fingerprint density at radius 2 is 0.667 bits per heavy atom. The van der Waals surface area contributed by atoms with Crippen molar-refractivity contribution in [1.29, 1.82) is 0 Å². The first kappa shape index (κ1) is 23.7. The molecule has 4 nitrogen and oxygen atoms in total. The summed E-state index contributed by atoms with van der Waals surface area (Å²) in [6.07, 6.45) is 4.48. The zero-order valence-corrected chi connectivity index (χ0v) is 19.6. The normalized spacial score (nSPS) is 11.7.